The second-order valence-electron chi connectivity index (χ2n) is 8.06. The smallest absolute Gasteiger partial charge is 0.365 e. The van der Waals surface area contributed by atoms with Crippen LogP contribution < -0.4 is 4.90 Å². The van der Waals surface area contributed by atoms with E-state index in [9.17, 15) is 9.18 Å². The molecule has 6 rings (SSSR count). The van der Waals surface area contributed by atoms with Crippen molar-refractivity contribution in [1.82, 2.24) is 14.9 Å². The fourth-order valence-electron chi connectivity index (χ4n) is 4.29. The van der Waals surface area contributed by atoms with Crippen molar-refractivity contribution in [2.75, 3.05) is 31.1 Å². The monoisotopic (exact) mass is 441 g/mol. The van der Waals surface area contributed by atoms with Gasteiger partial charge < -0.3 is 19.5 Å². The fourth-order valence-corrected chi connectivity index (χ4v) is 4.29. The van der Waals surface area contributed by atoms with Crippen molar-refractivity contribution in [3.63, 3.8) is 0 Å². The highest BCUT2D eigenvalue weighted by molar-refractivity contribution is 6.16. The number of esters is 1. The van der Waals surface area contributed by atoms with Gasteiger partial charge in [0, 0.05) is 43.3 Å². The van der Waals surface area contributed by atoms with Gasteiger partial charge in [-0.25, -0.2) is 19.2 Å². The molecule has 33 heavy (non-hydrogen) atoms. The Morgan fingerprint density at radius 3 is 2.52 bits per heavy atom. The maximum Gasteiger partial charge on any atom is 0.365 e. The van der Waals surface area contributed by atoms with E-state index in [0.29, 0.717) is 16.3 Å². The van der Waals surface area contributed by atoms with Crippen LogP contribution in [0.3, 0.4) is 0 Å². The lowest BCUT2D eigenvalue weighted by Crippen LogP contribution is -2.44. The molecule has 0 amide bonds. The van der Waals surface area contributed by atoms with Crippen molar-refractivity contribution < 1.29 is 13.9 Å². The summed E-state index contributed by atoms with van der Waals surface area (Å²) in [6.45, 7) is 2.96. The van der Waals surface area contributed by atoms with Crippen LogP contribution in [0.1, 0.15) is 5.56 Å². The zero-order chi connectivity index (χ0) is 22.4. The second-order valence-corrected chi connectivity index (χ2v) is 8.06. The number of para-hydroxylation sites is 2. The Balaban J connectivity index is 1.21. The average molecular weight is 441 g/mol. The maximum atomic E-state index is 14.2. The molecule has 0 aliphatic carbocycles. The number of nitrogens with one attached hydrogen (secondary N) is 1. The van der Waals surface area contributed by atoms with E-state index in [1.165, 1.54) is 6.07 Å². The maximum absolute atomic E-state index is 14.2. The number of hydrogen-bond acceptors (Lipinski definition) is 6. The first-order chi connectivity index (χ1) is 16.2. The van der Waals surface area contributed by atoms with Crippen molar-refractivity contribution in [1.29, 1.82) is 0 Å². The fraction of sp³-hybridized carbons (Fsp3) is 0.160. The zero-order valence-electron chi connectivity index (χ0n) is 17.7. The molecule has 1 N–H and O–H groups in total. The van der Waals surface area contributed by atoms with Gasteiger partial charge in [-0.1, -0.05) is 36.4 Å². The van der Waals surface area contributed by atoms with E-state index >= 15 is 0 Å². The molecule has 0 radical (unpaired) electrons. The van der Waals surface area contributed by atoms with Crippen molar-refractivity contribution in [2.24, 2.45) is 4.99 Å². The van der Waals surface area contributed by atoms with Gasteiger partial charge in [0.15, 0.2) is 5.70 Å². The molecule has 0 saturated carbocycles. The molecule has 8 heteroatoms. The Kier molecular flexibility index (Phi) is 4.57. The van der Waals surface area contributed by atoms with Gasteiger partial charge >= 0.3 is 5.97 Å². The molecule has 1 aromatic heterocycles. The summed E-state index contributed by atoms with van der Waals surface area (Å²) in [4.78, 5) is 29.2. The number of cyclic esters (lactones) is 1. The van der Waals surface area contributed by atoms with Crippen LogP contribution in [0.4, 0.5) is 10.3 Å². The van der Waals surface area contributed by atoms with E-state index in [1.54, 1.807) is 30.5 Å². The van der Waals surface area contributed by atoms with E-state index < -0.39 is 5.97 Å². The highest BCUT2D eigenvalue weighted by Crippen LogP contribution is 2.26. The van der Waals surface area contributed by atoms with Crippen molar-refractivity contribution in [3.05, 3.63) is 83.9 Å². The molecule has 0 spiro atoms. The third kappa shape index (κ3) is 3.49. The molecule has 7 nitrogen and oxygen atoms in total. The number of anilines is 1. The lowest BCUT2D eigenvalue weighted by Gasteiger charge is -2.33. The van der Waals surface area contributed by atoms with E-state index in [1.807, 2.05) is 30.3 Å². The van der Waals surface area contributed by atoms with Crippen LogP contribution in [0.15, 0.2) is 77.6 Å². The second kappa shape index (κ2) is 7.74. The zero-order valence-corrected chi connectivity index (χ0v) is 17.7. The summed E-state index contributed by atoms with van der Waals surface area (Å²) < 4.78 is 19.6. The lowest BCUT2D eigenvalue weighted by atomic mass is 10.0. The largest absolute Gasteiger partial charge is 0.402 e. The Morgan fingerprint density at radius 1 is 0.939 bits per heavy atom. The number of nitrogens with zero attached hydrogens (tertiary/aromatic N) is 4. The van der Waals surface area contributed by atoms with Crippen LogP contribution >= 0.6 is 0 Å². The predicted octanol–water partition coefficient (Wildman–Crippen LogP) is 3.82. The van der Waals surface area contributed by atoms with Gasteiger partial charge in [0.25, 0.3) is 0 Å². The number of fused-ring (bicyclic) bond motifs is 2. The minimum atomic E-state index is -0.502. The number of halogens is 1. The molecule has 0 bridgehead atoms. The molecular formula is C25H20FN5O2. The van der Waals surface area contributed by atoms with E-state index in [2.05, 4.69) is 24.8 Å². The Bertz CT molecular complexity index is 1420. The lowest BCUT2D eigenvalue weighted by molar-refractivity contribution is -0.130. The number of ether oxygens (including phenoxy) is 1. The molecule has 1 saturated heterocycles. The molecule has 4 aromatic rings. The minimum absolute atomic E-state index is 0.198. The van der Waals surface area contributed by atoms with Gasteiger partial charge in [0.1, 0.15) is 5.82 Å². The van der Waals surface area contributed by atoms with Crippen LogP contribution in [0.2, 0.25) is 0 Å². The number of benzene rings is 3. The SMILES string of the molecule is O=C1OC(c2ccc(F)c3ccccc23)=NC1=CN1CCN(c2nc3ccccc3[nH]2)CC1. The molecule has 3 aromatic carbocycles. The molecule has 0 atom stereocenters. The van der Waals surface area contributed by atoms with Gasteiger partial charge in [-0.15, -0.1) is 0 Å². The van der Waals surface area contributed by atoms with Crippen LogP contribution in [0.5, 0.6) is 0 Å². The quantitative estimate of drug-likeness (QED) is 0.387. The Labute approximate surface area is 188 Å². The van der Waals surface area contributed by atoms with Gasteiger partial charge in [0.2, 0.25) is 11.8 Å². The van der Waals surface area contributed by atoms with Crippen molar-refractivity contribution in [2.45, 2.75) is 0 Å². The first kappa shape index (κ1) is 19.5. The number of piperazine rings is 1. The summed E-state index contributed by atoms with van der Waals surface area (Å²) in [7, 11) is 0. The summed E-state index contributed by atoms with van der Waals surface area (Å²) in [5.74, 6) is 0.228. The highest BCUT2D eigenvalue weighted by atomic mass is 19.1. The molecule has 2 aliphatic heterocycles. The topological polar surface area (TPSA) is 73.8 Å². The summed E-state index contributed by atoms with van der Waals surface area (Å²) >= 11 is 0. The summed E-state index contributed by atoms with van der Waals surface area (Å²) in [6, 6.07) is 18.0. The number of aromatic nitrogens is 2. The molecule has 0 unspecified atom stereocenters. The molecule has 3 heterocycles. The summed E-state index contributed by atoms with van der Waals surface area (Å²) in [5.41, 5.74) is 2.80. The summed E-state index contributed by atoms with van der Waals surface area (Å²) in [6.07, 6.45) is 1.75. The first-order valence-corrected chi connectivity index (χ1v) is 10.8. The standard InChI is InChI=1S/C25H20FN5O2/c26-19-10-9-18(16-5-1-2-6-17(16)19)23-27-22(24(32)33-23)15-30-11-13-31(14-12-30)25-28-20-7-3-4-8-21(20)29-25/h1-10,15H,11-14H2,(H,28,29). The van der Waals surface area contributed by atoms with E-state index in [0.717, 1.165) is 43.2 Å². The third-order valence-corrected chi connectivity index (χ3v) is 6.02. The van der Waals surface area contributed by atoms with E-state index in [-0.39, 0.29) is 17.4 Å². The summed E-state index contributed by atoms with van der Waals surface area (Å²) in [5, 5.41) is 1.12. The van der Waals surface area contributed by atoms with Crippen LogP contribution in [-0.4, -0.2) is 52.9 Å². The van der Waals surface area contributed by atoms with Crippen molar-refractivity contribution >= 4 is 39.6 Å². The van der Waals surface area contributed by atoms with Gasteiger partial charge in [0.05, 0.1) is 11.0 Å². The molecule has 1 fully saturated rings. The highest BCUT2D eigenvalue weighted by Gasteiger charge is 2.27. The average Bonchev–Trinajstić information content (AvgIpc) is 3.43. The Hall–Kier alpha value is -4.20. The number of aliphatic imine (C=N–C) groups is 1. The van der Waals surface area contributed by atoms with Crippen LogP contribution in [0.25, 0.3) is 21.8 Å². The van der Waals surface area contributed by atoms with Gasteiger partial charge in [-0.3, -0.25) is 0 Å². The van der Waals surface area contributed by atoms with Crippen LogP contribution in [0, 0.1) is 5.82 Å². The Morgan fingerprint density at radius 2 is 1.70 bits per heavy atom. The number of hydrogen-bond donors (Lipinski definition) is 1. The normalized spacial score (nSPS) is 17.8. The number of carbonyl (C=O) groups excluding carboxylic acids is 1. The third-order valence-electron chi connectivity index (χ3n) is 6.02. The molecule has 164 valence electrons. The number of rotatable bonds is 3. The van der Waals surface area contributed by atoms with Gasteiger partial charge in [-0.2, -0.15) is 0 Å². The van der Waals surface area contributed by atoms with E-state index in [4.69, 9.17) is 4.74 Å². The van der Waals surface area contributed by atoms with Crippen molar-refractivity contribution in [3.8, 4) is 0 Å². The number of imidazole rings is 1. The molecular weight excluding hydrogens is 421 g/mol. The minimum Gasteiger partial charge on any atom is -0.402 e. The first-order valence-electron chi connectivity index (χ1n) is 10.8. The molecule has 2 aliphatic rings. The van der Waals surface area contributed by atoms with Gasteiger partial charge in [-0.05, 0) is 29.7 Å². The number of H-pyrrole nitrogens is 1. The number of carbonyl (C=O) groups is 1. The number of aromatic amines is 1. The van der Waals surface area contributed by atoms with Crippen LogP contribution in [-0.2, 0) is 9.53 Å². The predicted molar refractivity (Wildman–Crippen MR) is 124 cm³/mol.